The average molecular weight is 217 g/mol. The summed E-state index contributed by atoms with van der Waals surface area (Å²) in [6, 6.07) is 0. The Labute approximate surface area is 94.5 Å². The number of methoxy groups -OCH3 is 1. The van der Waals surface area contributed by atoms with Crippen molar-refractivity contribution in [2.75, 3.05) is 33.4 Å². The molecular formula is C12H27NO2. The number of rotatable bonds is 9. The summed E-state index contributed by atoms with van der Waals surface area (Å²) in [5, 5.41) is 3.38. The first-order valence-corrected chi connectivity index (χ1v) is 5.79. The molecule has 3 heteroatoms. The number of hydrogen-bond acceptors (Lipinski definition) is 3. The first-order chi connectivity index (χ1) is 6.98. The molecule has 0 aliphatic rings. The summed E-state index contributed by atoms with van der Waals surface area (Å²) in [7, 11) is 1.73. The van der Waals surface area contributed by atoms with E-state index in [9.17, 15) is 0 Å². The minimum Gasteiger partial charge on any atom is -0.383 e. The molecule has 1 N–H and O–H groups in total. The third-order valence-electron chi connectivity index (χ3n) is 2.32. The molecule has 0 aromatic carbocycles. The molecule has 0 aromatic heterocycles. The second-order valence-corrected chi connectivity index (χ2v) is 5.00. The monoisotopic (exact) mass is 217 g/mol. The molecule has 0 heterocycles. The van der Waals surface area contributed by atoms with E-state index in [1.807, 2.05) is 0 Å². The Morgan fingerprint density at radius 3 is 2.40 bits per heavy atom. The van der Waals surface area contributed by atoms with Gasteiger partial charge in [0.25, 0.3) is 0 Å². The lowest BCUT2D eigenvalue weighted by Gasteiger charge is -2.25. The van der Waals surface area contributed by atoms with Gasteiger partial charge in [0.1, 0.15) is 0 Å². The third-order valence-corrected chi connectivity index (χ3v) is 2.32. The van der Waals surface area contributed by atoms with Crippen molar-refractivity contribution in [1.82, 2.24) is 5.32 Å². The fourth-order valence-corrected chi connectivity index (χ4v) is 1.26. The molecule has 92 valence electrons. The van der Waals surface area contributed by atoms with Crippen molar-refractivity contribution in [2.24, 2.45) is 5.41 Å². The van der Waals surface area contributed by atoms with Gasteiger partial charge in [-0.05, 0) is 25.7 Å². The van der Waals surface area contributed by atoms with Gasteiger partial charge >= 0.3 is 0 Å². The average Bonchev–Trinajstić information content (AvgIpc) is 2.11. The van der Waals surface area contributed by atoms with Crippen molar-refractivity contribution in [3.05, 3.63) is 0 Å². The molecule has 0 unspecified atom stereocenters. The third kappa shape index (κ3) is 10.2. The quantitative estimate of drug-likeness (QED) is 0.600. The van der Waals surface area contributed by atoms with Crippen molar-refractivity contribution in [3.8, 4) is 0 Å². The Kier molecular flexibility index (Phi) is 8.02. The molecule has 0 amide bonds. The Balaban J connectivity index is 3.48. The fourth-order valence-electron chi connectivity index (χ4n) is 1.26. The predicted octanol–water partition coefficient (Wildman–Crippen LogP) is 2.06. The maximum absolute atomic E-state index is 5.55. The molecule has 0 radical (unpaired) electrons. The van der Waals surface area contributed by atoms with Gasteiger partial charge in [-0.3, -0.25) is 0 Å². The predicted molar refractivity (Wildman–Crippen MR) is 64.2 cm³/mol. The minimum atomic E-state index is 0.294. The molecule has 0 aliphatic heterocycles. The van der Waals surface area contributed by atoms with Gasteiger partial charge in [0.2, 0.25) is 0 Å². The lowest BCUT2D eigenvalue weighted by Crippen LogP contribution is -2.32. The lowest BCUT2D eigenvalue weighted by atomic mass is 9.90. The SMILES string of the molecule is COCCNCC(C)(C)CCOC(C)C. The highest BCUT2D eigenvalue weighted by molar-refractivity contribution is 4.71. The standard InChI is InChI=1S/C12H27NO2/c1-11(2)15-8-6-12(3,4)10-13-7-9-14-5/h11,13H,6-10H2,1-5H3. The largest absolute Gasteiger partial charge is 0.383 e. The van der Waals surface area contributed by atoms with Crippen LogP contribution in [-0.4, -0.2) is 39.5 Å². The number of nitrogens with one attached hydrogen (secondary N) is 1. The van der Waals surface area contributed by atoms with Gasteiger partial charge in [-0.15, -0.1) is 0 Å². The zero-order valence-electron chi connectivity index (χ0n) is 10.9. The Morgan fingerprint density at radius 1 is 1.20 bits per heavy atom. The van der Waals surface area contributed by atoms with E-state index in [2.05, 4.69) is 33.0 Å². The van der Waals surface area contributed by atoms with Crippen molar-refractivity contribution >= 4 is 0 Å². The van der Waals surface area contributed by atoms with E-state index in [1.54, 1.807) is 7.11 Å². The molecule has 0 spiro atoms. The van der Waals surface area contributed by atoms with E-state index in [0.717, 1.165) is 32.7 Å². The summed E-state index contributed by atoms with van der Waals surface area (Å²) in [5.74, 6) is 0. The summed E-state index contributed by atoms with van der Waals surface area (Å²) >= 11 is 0. The second kappa shape index (κ2) is 8.08. The van der Waals surface area contributed by atoms with Crippen LogP contribution >= 0.6 is 0 Å². The van der Waals surface area contributed by atoms with Crippen molar-refractivity contribution in [3.63, 3.8) is 0 Å². The molecule has 0 bridgehead atoms. The van der Waals surface area contributed by atoms with E-state index >= 15 is 0 Å². The van der Waals surface area contributed by atoms with Crippen molar-refractivity contribution < 1.29 is 9.47 Å². The van der Waals surface area contributed by atoms with Crippen LogP contribution in [-0.2, 0) is 9.47 Å². The molecule has 0 rings (SSSR count). The van der Waals surface area contributed by atoms with Gasteiger partial charge in [-0.1, -0.05) is 13.8 Å². The summed E-state index contributed by atoms with van der Waals surface area (Å²) < 4.78 is 10.5. The van der Waals surface area contributed by atoms with Gasteiger partial charge in [0.05, 0.1) is 12.7 Å². The highest BCUT2D eigenvalue weighted by Gasteiger charge is 2.17. The number of ether oxygens (including phenoxy) is 2. The Bertz CT molecular complexity index is 147. The van der Waals surface area contributed by atoms with Gasteiger partial charge in [-0.2, -0.15) is 0 Å². The van der Waals surface area contributed by atoms with Crippen LogP contribution in [0.4, 0.5) is 0 Å². The topological polar surface area (TPSA) is 30.5 Å². The molecule has 0 fully saturated rings. The van der Waals surface area contributed by atoms with Crippen LogP contribution in [0, 0.1) is 5.41 Å². The summed E-state index contributed by atoms with van der Waals surface area (Å²) in [6.07, 6.45) is 1.42. The fraction of sp³-hybridized carbons (Fsp3) is 1.00. The summed E-state index contributed by atoms with van der Waals surface area (Å²) in [6.45, 7) is 12.2. The number of hydrogen-bond donors (Lipinski definition) is 1. The lowest BCUT2D eigenvalue weighted by molar-refractivity contribution is 0.0570. The highest BCUT2D eigenvalue weighted by Crippen LogP contribution is 2.18. The van der Waals surface area contributed by atoms with Crippen LogP contribution in [0.25, 0.3) is 0 Å². The molecular weight excluding hydrogens is 190 g/mol. The normalized spacial score (nSPS) is 12.4. The second-order valence-electron chi connectivity index (χ2n) is 5.00. The first-order valence-electron chi connectivity index (χ1n) is 5.79. The van der Waals surface area contributed by atoms with Crippen LogP contribution in [0.5, 0.6) is 0 Å². The van der Waals surface area contributed by atoms with E-state index in [4.69, 9.17) is 9.47 Å². The molecule has 15 heavy (non-hydrogen) atoms. The van der Waals surface area contributed by atoms with Crippen LogP contribution in [0.3, 0.4) is 0 Å². The Hall–Kier alpha value is -0.120. The van der Waals surface area contributed by atoms with Crippen LogP contribution in [0.1, 0.15) is 34.1 Å². The van der Waals surface area contributed by atoms with Crippen molar-refractivity contribution in [2.45, 2.75) is 40.2 Å². The zero-order chi connectivity index (χ0) is 11.7. The maximum Gasteiger partial charge on any atom is 0.0587 e. The summed E-state index contributed by atoms with van der Waals surface area (Å²) in [4.78, 5) is 0. The van der Waals surface area contributed by atoms with Crippen LogP contribution in [0.15, 0.2) is 0 Å². The van der Waals surface area contributed by atoms with Gasteiger partial charge in [-0.25, -0.2) is 0 Å². The van der Waals surface area contributed by atoms with E-state index in [-0.39, 0.29) is 0 Å². The van der Waals surface area contributed by atoms with E-state index < -0.39 is 0 Å². The van der Waals surface area contributed by atoms with Gasteiger partial charge in [0, 0.05) is 26.8 Å². The zero-order valence-corrected chi connectivity index (χ0v) is 10.9. The minimum absolute atomic E-state index is 0.294. The molecule has 0 aliphatic carbocycles. The molecule has 0 saturated heterocycles. The van der Waals surface area contributed by atoms with Crippen LogP contribution < -0.4 is 5.32 Å². The molecule has 0 saturated carbocycles. The van der Waals surface area contributed by atoms with Gasteiger partial charge < -0.3 is 14.8 Å². The van der Waals surface area contributed by atoms with Crippen molar-refractivity contribution in [1.29, 1.82) is 0 Å². The van der Waals surface area contributed by atoms with Gasteiger partial charge in [0.15, 0.2) is 0 Å². The van der Waals surface area contributed by atoms with Crippen LogP contribution in [0.2, 0.25) is 0 Å². The molecule has 3 nitrogen and oxygen atoms in total. The summed E-state index contributed by atoms with van der Waals surface area (Å²) in [5.41, 5.74) is 0.294. The first kappa shape index (κ1) is 14.9. The molecule has 0 aromatic rings. The van der Waals surface area contributed by atoms with E-state index in [0.29, 0.717) is 11.5 Å². The smallest absolute Gasteiger partial charge is 0.0587 e. The highest BCUT2D eigenvalue weighted by atomic mass is 16.5. The molecule has 0 atom stereocenters. The Morgan fingerprint density at radius 2 is 1.87 bits per heavy atom. The van der Waals surface area contributed by atoms with E-state index in [1.165, 1.54) is 0 Å². The maximum atomic E-state index is 5.55.